The topological polar surface area (TPSA) is 6.48 Å². The van der Waals surface area contributed by atoms with Crippen molar-refractivity contribution in [1.82, 2.24) is 9.80 Å². The Hall–Kier alpha value is -3.00. The highest BCUT2D eigenvalue weighted by Crippen LogP contribution is 2.26. The van der Waals surface area contributed by atoms with Gasteiger partial charge in [-0.2, -0.15) is 0 Å². The van der Waals surface area contributed by atoms with E-state index >= 15 is 0 Å². The van der Waals surface area contributed by atoms with Gasteiger partial charge in [-0.25, -0.2) is 0 Å². The highest BCUT2D eigenvalue weighted by molar-refractivity contribution is 5.50. The van der Waals surface area contributed by atoms with Crippen LogP contribution in [0.3, 0.4) is 0 Å². The highest BCUT2D eigenvalue weighted by Gasteiger charge is 2.15. The monoisotopic (exact) mass is 382 g/mol. The summed E-state index contributed by atoms with van der Waals surface area (Å²) < 4.78 is 0. The van der Waals surface area contributed by atoms with E-state index in [0.717, 1.165) is 26.2 Å². The molecule has 2 aromatic carbocycles. The van der Waals surface area contributed by atoms with Gasteiger partial charge in [0.25, 0.3) is 0 Å². The lowest BCUT2D eigenvalue weighted by atomic mass is 9.98. The summed E-state index contributed by atoms with van der Waals surface area (Å²) >= 11 is 0. The number of aryl methyl sites for hydroxylation is 2. The molecule has 0 fully saturated rings. The van der Waals surface area contributed by atoms with E-state index in [1.54, 1.807) is 0 Å². The Morgan fingerprint density at radius 3 is 1.93 bits per heavy atom. The van der Waals surface area contributed by atoms with Gasteiger partial charge < -0.3 is 9.80 Å². The normalized spacial score (nSPS) is 16.4. The first kappa shape index (κ1) is 19.3. The zero-order chi connectivity index (χ0) is 20.2. The fourth-order valence-electron chi connectivity index (χ4n) is 3.98. The molecular weight excluding hydrogens is 352 g/mol. The molecule has 0 radical (unpaired) electrons. The molecular formula is C27H30N2. The van der Waals surface area contributed by atoms with Crippen molar-refractivity contribution in [2.45, 2.75) is 33.9 Å². The van der Waals surface area contributed by atoms with E-state index in [9.17, 15) is 0 Å². The Morgan fingerprint density at radius 2 is 1.34 bits per heavy atom. The first-order valence-corrected chi connectivity index (χ1v) is 10.5. The molecule has 2 heterocycles. The molecule has 0 saturated carbocycles. The van der Waals surface area contributed by atoms with Gasteiger partial charge >= 0.3 is 0 Å². The van der Waals surface area contributed by atoms with Gasteiger partial charge in [0.1, 0.15) is 0 Å². The van der Waals surface area contributed by atoms with Crippen molar-refractivity contribution in [3.8, 4) is 0 Å². The van der Waals surface area contributed by atoms with Crippen LogP contribution in [0.5, 0.6) is 0 Å². The number of hydrogen-bond donors (Lipinski definition) is 0. The largest absolute Gasteiger partial charge is 0.369 e. The Bertz CT molecular complexity index is 1010. The lowest BCUT2D eigenvalue weighted by Crippen LogP contribution is -2.25. The van der Waals surface area contributed by atoms with Gasteiger partial charge in [0.2, 0.25) is 0 Å². The van der Waals surface area contributed by atoms with Gasteiger partial charge in [0, 0.05) is 38.1 Å². The molecule has 2 aliphatic heterocycles. The molecule has 0 bridgehead atoms. The van der Waals surface area contributed by atoms with Crippen LogP contribution in [-0.2, 0) is 13.1 Å². The maximum atomic E-state index is 2.45. The minimum atomic E-state index is 0.956. The van der Waals surface area contributed by atoms with Crippen molar-refractivity contribution in [2.24, 2.45) is 0 Å². The highest BCUT2D eigenvalue weighted by atomic mass is 15.1. The summed E-state index contributed by atoms with van der Waals surface area (Å²) in [4.78, 5) is 4.82. The van der Waals surface area contributed by atoms with Crippen LogP contribution in [0.15, 0.2) is 95.9 Å². The molecule has 0 spiro atoms. The second kappa shape index (κ2) is 8.57. The Morgan fingerprint density at radius 1 is 0.724 bits per heavy atom. The summed E-state index contributed by atoms with van der Waals surface area (Å²) in [5, 5.41) is 0. The molecule has 0 aliphatic carbocycles. The van der Waals surface area contributed by atoms with Crippen LogP contribution < -0.4 is 0 Å². The zero-order valence-electron chi connectivity index (χ0n) is 17.7. The predicted molar refractivity (Wildman–Crippen MR) is 122 cm³/mol. The lowest BCUT2D eigenvalue weighted by Gasteiger charge is -2.30. The van der Waals surface area contributed by atoms with E-state index in [0.29, 0.717) is 0 Å². The quantitative estimate of drug-likeness (QED) is 0.635. The van der Waals surface area contributed by atoms with Crippen molar-refractivity contribution in [1.29, 1.82) is 0 Å². The molecule has 2 aromatic rings. The first-order valence-electron chi connectivity index (χ1n) is 10.5. The first-order chi connectivity index (χ1) is 14.1. The maximum Gasteiger partial charge on any atom is 0.0432 e. The van der Waals surface area contributed by atoms with Crippen LogP contribution in [0, 0.1) is 13.8 Å². The number of benzene rings is 2. The number of rotatable bonds is 5. The molecule has 0 unspecified atom stereocenters. The summed E-state index contributed by atoms with van der Waals surface area (Å²) in [5.74, 6) is 0. The van der Waals surface area contributed by atoms with Gasteiger partial charge in [-0.1, -0.05) is 60.7 Å². The summed E-state index contributed by atoms with van der Waals surface area (Å²) in [6.07, 6.45) is 11.5. The van der Waals surface area contributed by atoms with Crippen LogP contribution in [0.4, 0.5) is 0 Å². The van der Waals surface area contributed by atoms with E-state index in [4.69, 9.17) is 0 Å². The third-order valence-corrected chi connectivity index (χ3v) is 6.00. The van der Waals surface area contributed by atoms with E-state index in [1.165, 1.54) is 39.1 Å². The maximum absolute atomic E-state index is 2.45. The molecule has 148 valence electrons. The van der Waals surface area contributed by atoms with E-state index in [-0.39, 0.29) is 0 Å². The SMILES string of the molecule is CC1=CC(C2=CCN(Cc3ccccc3C)C=C2)=CCN1Cc1ccccc1C. The minimum Gasteiger partial charge on any atom is -0.369 e. The van der Waals surface area contributed by atoms with Gasteiger partial charge in [-0.15, -0.1) is 0 Å². The number of allylic oxidation sites excluding steroid dienone is 5. The van der Waals surface area contributed by atoms with E-state index < -0.39 is 0 Å². The van der Waals surface area contributed by atoms with Crippen molar-refractivity contribution < 1.29 is 0 Å². The Balaban J connectivity index is 1.39. The van der Waals surface area contributed by atoms with Gasteiger partial charge in [-0.3, -0.25) is 0 Å². The fraction of sp³-hybridized carbons (Fsp3) is 0.259. The summed E-state index contributed by atoms with van der Waals surface area (Å²) in [6, 6.07) is 17.3. The molecule has 0 N–H and O–H groups in total. The average Bonchev–Trinajstić information content (AvgIpc) is 2.73. The number of hydrogen-bond acceptors (Lipinski definition) is 2. The molecule has 4 rings (SSSR count). The van der Waals surface area contributed by atoms with Crippen LogP contribution >= 0.6 is 0 Å². The summed E-state index contributed by atoms with van der Waals surface area (Å²) in [5.41, 5.74) is 9.53. The van der Waals surface area contributed by atoms with E-state index in [2.05, 4.69) is 110 Å². The van der Waals surface area contributed by atoms with E-state index in [1.807, 2.05) is 0 Å². The standard InChI is InChI=1S/C27H30N2/c1-21-8-4-6-10-26(21)19-28-15-12-24(13-16-28)25-14-17-29(23(3)18-25)20-27-11-7-5-9-22(27)2/h4-15,18H,16-17,19-20H2,1-3H3. The molecule has 29 heavy (non-hydrogen) atoms. The molecule has 0 atom stereocenters. The second-order valence-corrected chi connectivity index (χ2v) is 8.08. The second-order valence-electron chi connectivity index (χ2n) is 8.08. The Kier molecular flexibility index (Phi) is 5.71. The van der Waals surface area contributed by atoms with Crippen LogP contribution in [0.1, 0.15) is 29.2 Å². The van der Waals surface area contributed by atoms with Crippen molar-refractivity contribution >= 4 is 0 Å². The third kappa shape index (κ3) is 4.54. The third-order valence-electron chi connectivity index (χ3n) is 6.00. The summed E-state index contributed by atoms with van der Waals surface area (Å²) in [7, 11) is 0. The van der Waals surface area contributed by atoms with Crippen molar-refractivity contribution in [3.63, 3.8) is 0 Å². The number of nitrogens with zero attached hydrogens (tertiary/aromatic N) is 2. The van der Waals surface area contributed by atoms with Gasteiger partial charge in [0.05, 0.1) is 0 Å². The minimum absolute atomic E-state index is 0.956. The van der Waals surface area contributed by atoms with Crippen LogP contribution in [-0.4, -0.2) is 22.9 Å². The van der Waals surface area contributed by atoms with Crippen molar-refractivity contribution in [3.05, 3.63) is 118 Å². The van der Waals surface area contributed by atoms with Crippen LogP contribution in [0.2, 0.25) is 0 Å². The van der Waals surface area contributed by atoms with Gasteiger partial charge in [-0.05, 0) is 66.3 Å². The Labute approximate surface area is 175 Å². The smallest absolute Gasteiger partial charge is 0.0432 e. The molecule has 0 aromatic heterocycles. The predicted octanol–water partition coefficient (Wildman–Crippen LogP) is 5.91. The fourth-order valence-corrected chi connectivity index (χ4v) is 3.98. The van der Waals surface area contributed by atoms with Crippen molar-refractivity contribution in [2.75, 3.05) is 13.1 Å². The molecule has 2 nitrogen and oxygen atoms in total. The molecule has 0 saturated heterocycles. The lowest BCUT2D eigenvalue weighted by molar-refractivity contribution is 0.367. The van der Waals surface area contributed by atoms with Gasteiger partial charge in [0.15, 0.2) is 0 Å². The van der Waals surface area contributed by atoms with Crippen LogP contribution in [0.25, 0.3) is 0 Å². The summed E-state index contributed by atoms with van der Waals surface area (Å²) in [6.45, 7) is 10.5. The molecule has 2 aliphatic rings. The average molecular weight is 383 g/mol. The molecule has 2 heteroatoms. The zero-order valence-corrected chi connectivity index (χ0v) is 17.7. The molecule has 0 amide bonds.